The average Bonchev–Trinajstić information content (AvgIpc) is 2.56. The van der Waals surface area contributed by atoms with Crippen molar-refractivity contribution >= 4 is 0 Å². The molecule has 0 aliphatic carbocycles. The fraction of sp³-hybridized carbons (Fsp3) is 0.786. The van der Waals surface area contributed by atoms with Crippen LogP contribution in [0.25, 0.3) is 0 Å². The SMILES string of the molecule is Cc1c(C(C)(C)C)c(C2CCCNC2)nn1C. The summed E-state index contributed by atoms with van der Waals surface area (Å²) >= 11 is 0. The van der Waals surface area contributed by atoms with Crippen LogP contribution in [-0.4, -0.2) is 22.9 Å². The van der Waals surface area contributed by atoms with E-state index in [0.29, 0.717) is 5.92 Å². The van der Waals surface area contributed by atoms with E-state index < -0.39 is 0 Å². The summed E-state index contributed by atoms with van der Waals surface area (Å²) < 4.78 is 2.05. The van der Waals surface area contributed by atoms with Gasteiger partial charge in [-0.3, -0.25) is 4.68 Å². The van der Waals surface area contributed by atoms with E-state index in [1.165, 1.54) is 29.8 Å². The molecular formula is C14H25N3. The predicted molar refractivity (Wildman–Crippen MR) is 71.5 cm³/mol. The summed E-state index contributed by atoms with van der Waals surface area (Å²) in [5.74, 6) is 0.595. The Bertz CT molecular complexity index is 392. The number of aromatic nitrogens is 2. The fourth-order valence-electron chi connectivity index (χ4n) is 2.93. The Labute approximate surface area is 105 Å². The predicted octanol–water partition coefficient (Wildman–Crippen LogP) is 2.49. The minimum atomic E-state index is 0.186. The van der Waals surface area contributed by atoms with Gasteiger partial charge in [-0.05, 0) is 31.7 Å². The van der Waals surface area contributed by atoms with Crippen LogP contribution < -0.4 is 5.32 Å². The van der Waals surface area contributed by atoms with Crippen molar-refractivity contribution in [3.63, 3.8) is 0 Å². The summed E-state index contributed by atoms with van der Waals surface area (Å²) in [6.07, 6.45) is 2.54. The van der Waals surface area contributed by atoms with Crippen molar-refractivity contribution in [2.45, 2.75) is 51.9 Å². The number of nitrogens with zero attached hydrogens (tertiary/aromatic N) is 2. The highest BCUT2D eigenvalue weighted by Gasteiger charge is 2.29. The lowest BCUT2D eigenvalue weighted by molar-refractivity contribution is 0.443. The Kier molecular flexibility index (Phi) is 3.30. The van der Waals surface area contributed by atoms with Gasteiger partial charge in [0.1, 0.15) is 0 Å². The van der Waals surface area contributed by atoms with Crippen molar-refractivity contribution in [3.8, 4) is 0 Å². The molecule has 1 N–H and O–H groups in total. The molecule has 2 rings (SSSR count). The molecule has 1 aliphatic rings. The van der Waals surface area contributed by atoms with Crippen LogP contribution in [0.4, 0.5) is 0 Å². The van der Waals surface area contributed by atoms with Gasteiger partial charge < -0.3 is 5.32 Å². The van der Waals surface area contributed by atoms with Gasteiger partial charge in [-0.1, -0.05) is 20.8 Å². The molecule has 3 nitrogen and oxygen atoms in total. The largest absolute Gasteiger partial charge is 0.316 e. The van der Waals surface area contributed by atoms with Crippen molar-refractivity contribution in [1.82, 2.24) is 15.1 Å². The molecule has 1 aliphatic heterocycles. The number of hydrogen-bond acceptors (Lipinski definition) is 2. The lowest BCUT2D eigenvalue weighted by Crippen LogP contribution is -2.30. The third-order valence-corrected chi connectivity index (χ3v) is 3.79. The molecule has 2 heterocycles. The zero-order chi connectivity index (χ0) is 12.6. The van der Waals surface area contributed by atoms with Crippen molar-refractivity contribution in [1.29, 1.82) is 0 Å². The third-order valence-electron chi connectivity index (χ3n) is 3.79. The van der Waals surface area contributed by atoms with E-state index in [-0.39, 0.29) is 5.41 Å². The summed E-state index contributed by atoms with van der Waals surface area (Å²) in [5.41, 5.74) is 4.28. The van der Waals surface area contributed by atoms with Crippen LogP contribution >= 0.6 is 0 Å². The topological polar surface area (TPSA) is 29.9 Å². The molecule has 96 valence electrons. The van der Waals surface area contributed by atoms with Crippen molar-refractivity contribution in [2.75, 3.05) is 13.1 Å². The highest BCUT2D eigenvalue weighted by molar-refractivity contribution is 5.35. The molecule has 0 radical (unpaired) electrons. The summed E-state index contributed by atoms with van der Waals surface area (Å²) in [6.45, 7) is 11.3. The normalized spacial score (nSPS) is 21.8. The molecule has 0 spiro atoms. The quantitative estimate of drug-likeness (QED) is 0.810. The van der Waals surface area contributed by atoms with Crippen molar-refractivity contribution in [2.24, 2.45) is 7.05 Å². The van der Waals surface area contributed by atoms with E-state index in [4.69, 9.17) is 5.10 Å². The number of nitrogens with one attached hydrogen (secondary N) is 1. The molecular weight excluding hydrogens is 210 g/mol. The minimum absolute atomic E-state index is 0.186. The summed E-state index contributed by atoms with van der Waals surface area (Å²) in [7, 11) is 2.06. The molecule has 1 atom stereocenters. The Morgan fingerprint density at radius 2 is 2.06 bits per heavy atom. The van der Waals surface area contributed by atoms with Gasteiger partial charge in [0.25, 0.3) is 0 Å². The summed E-state index contributed by atoms with van der Waals surface area (Å²) in [5, 5.41) is 8.27. The first kappa shape index (κ1) is 12.6. The molecule has 1 fully saturated rings. The van der Waals surface area contributed by atoms with Gasteiger partial charge in [0, 0.05) is 30.8 Å². The second-order valence-corrected chi connectivity index (χ2v) is 6.26. The third kappa shape index (κ3) is 2.39. The maximum atomic E-state index is 4.78. The molecule has 0 amide bonds. The highest BCUT2D eigenvalue weighted by Crippen LogP contribution is 2.34. The van der Waals surface area contributed by atoms with E-state index in [2.05, 4.69) is 40.1 Å². The van der Waals surface area contributed by atoms with Crippen LogP contribution in [0.2, 0.25) is 0 Å². The molecule has 1 unspecified atom stereocenters. The molecule has 0 saturated carbocycles. The van der Waals surface area contributed by atoms with Gasteiger partial charge in [-0.25, -0.2) is 0 Å². The second kappa shape index (κ2) is 4.45. The van der Waals surface area contributed by atoms with Crippen molar-refractivity contribution in [3.05, 3.63) is 17.0 Å². The number of piperidine rings is 1. The Balaban J connectivity index is 2.42. The van der Waals surface area contributed by atoms with Gasteiger partial charge in [-0.2, -0.15) is 5.10 Å². The lowest BCUT2D eigenvalue weighted by atomic mass is 9.81. The van der Waals surface area contributed by atoms with Gasteiger partial charge in [0.15, 0.2) is 0 Å². The fourth-order valence-corrected chi connectivity index (χ4v) is 2.93. The Hall–Kier alpha value is -0.830. The van der Waals surface area contributed by atoms with Crippen molar-refractivity contribution < 1.29 is 0 Å². The first-order chi connectivity index (χ1) is 7.91. The second-order valence-electron chi connectivity index (χ2n) is 6.26. The van der Waals surface area contributed by atoms with Crippen LogP contribution in [0, 0.1) is 6.92 Å². The van der Waals surface area contributed by atoms with E-state index in [1.807, 2.05) is 4.68 Å². The van der Waals surface area contributed by atoms with E-state index in [1.54, 1.807) is 0 Å². The molecule has 1 saturated heterocycles. The number of hydrogen-bond donors (Lipinski definition) is 1. The maximum Gasteiger partial charge on any atom is 0.0708 e. The smallest absolute Gasteiger partial charge is 0.0708 e. The first-order valence-electron chi connectivity index (χ1n) is 6.66. The minimum Gasteiger partial charge on any atom is -0.316 e. The molecule has 1 aromatic heterocycles. The van der Waals surface area contributed by atoms with Crippen LogP contribution in [0.1, 0.15) is 56.5 Å². The van der Waals surface area contributed by atoms with E-state index in [9.17, 15) is 0 Å². The summed E-state index contributed by atoms with van der Waals surface area (Å²) in [4.78, 5) is 0. The molecule has 3 heteroatoms. The monoisotopic (exact) mass is 235 g/mol. The van der Waals surface area contributed by atoms with E-state index >= 15 is 0 Å². The highest BCUT2D eigenvalue weighted by atomic mass is 15.3. The number of rotatable bonds is 1. The summed E-state index contributed by atoms with van der Waals surface area (Å²) in [6, 6.07) is 0. The van der Waals surface area contributed by atoms with Gasteiger partial charge in [-0.15, -0.1) is 0 Å². The maximum absolute atomic E-state index is 4.78. The zero-order valence-electron chi connectivity index (χ0n) is 11.8. The van der Waals surface area contributed by atoms with Crippen LogP contribution in [-0.2, 0) is 12.5 Å². The molecule has 1 aromatic rings. The van der Waals surface area contributed by atoms with Crippen LogP contribution in [0.15, 0.2) is 0 Å². The van der Waals surface area contributed by atoms with Crippen LogP contribution in [0.5, 0.6) is 0 Å². The Morgan fingerprint density at radius 1 is 1.35 bits per heavy atom. The molecule has 17 heavy (non-hydrogen) atoms. The molecule has 0 bridgehead atoms. The number of aryl methyl sites for hydroxylation is 1. The van der Waals surface area contributed by atoms with Crippen LogP contribution in [0.3, 0.4) is 0 Å². The molecule has 0 aromatic carbocycles. The van der Waals surface area contributed by atoms with Gasteiger partial charge in [0.05, 0.1) is 5.69 Å². The van der Waals surface area contributed by atoms with E-state index in [0.717, 1.165) is 13.1 Å². The first-order valence-corrected chi connectivity index (χ1v) is 6.66. The van der Waals surface area contributed by atoms with Gasteiger partial charge >= 0.3 is 0 Å². The average molecular weight is 235 g/mol. The standard InChI is InChI=1S/C14H25N3/c1-10-12(14(2,3)4)13(16-17(10)5)11-7-6-8-15-9-11/h11,15H,6-9H2,1-5H3. The Morgan fingerprint density at radius 3 is 2.59 bits per heavy atom. The van der Waals surface area contributed by atoms with Gasteiger partial charge in [0.2, 0.25) is 0 Å². The zero-order valence-corrected chi connectivity index (χ0v) is 11.8. The lowest BCUT2D eigenvalue weighted by Gasteiger charge is -2.26.